The summed E-state index contributed by atoms with van der Waals surface area (Å²) in [7, 11) is 0. The standard InChI is InChI=1S/C25H32ClFO6/c1-14-6-8-19-15(2)21(5-4-12-29-22(28)17-13-16(26)7-9-20(17)27)30-23-25(19)18(14)10-11-24(3,31-23)32-33-25/h7,9,13-15,18-19,21,23H,4-6,8,10-12H2,1-3H3/t14-,15-,18+,19+,21-,23?,24-,25-/m1/s1. The second kappa shape index (κ2) is 8.76. The van der Waals surface area contributed by atoms with Gasteiger partial charge in [-0.2, -0.15) is 0 Å². The van der Waals surface area contributed by atoms with Crippen molar-refractivity contribution in [1.82, 2.24) is 0 Å². The van der Waals surface area contributed by atoms with Crippen LogP contribution in [0.15, 0.2) is 18.2 Å². The Morgan fingerprint density at radius 1 is 1.21 bits per heavy atom. The lowest BCUT2D eigenvalue weighted by molar-refractivity contribution is -0.571. The Hall–Kier alpha value is -1.25. The lowest BCUT2D eigenvalue weighted by Gasteiger charge is -2.60. The minimum absolute atomic E-state index is 0.0483. The first-order valence-corrected chi connectivity index (χ1v) is 12.4. The Morgan fingerprint density at radius 3 is 2.85 bits per heavy atom. The van der Waals surface area contributed by atoms with Gasteiger partial charge in [0.2, 0.25) is 5.79 Å². The Balaban J connectivity index is 1.24. The molecule has 2 bridgehead atoms. The van der Waals surface area contributed by atoms with Crippen LogP contribution in [0.2, 0.25) is 5.02 Å². The number of esters is 1. The lowest BCUT2D eigenvalue weighted by Crippen LogP contribution is -2.70. The molecule has 8 atom stereocenters. The smallest absolute Gasteiger partial charge is 0.341 e. The predicted octanol–water partition coefficient (Wildman–Crippen LogP) is 5.67. The molecule has 1 saturated carbocycles. The fourth-order valence-electron chi connectivity index (χ4n) is 6.49. The summed E-state index contributed by atoms with van der Waals surface area (Å²) in [5.74, 6) is -0.772. The maximum atomic E-state index is 13.9. The molecule has 4 heterocycles. The van der Waals surface area contributed by atoms with E-state index in [4.69, 9.17) is 35.6 Å². The van der Waals surface area contributed by atoms with Gasteiger partial charge in [-0.1, -0.05) is 25.4 Å². The molecular formula is C25H32ClFO6. The molecule has 6 rings (SSSR count). The van der Waals surface area contributed by atoms with Gasteiger partial charge in [-0.15, -0.1) is 0 Å². The topological polar surface area (TPSA) is 63.2 Å². The molecule has 5 fully saturated rings. The number of rotatable bonds is 5. The number of carbonyl (C=O) groups excluding carboxylic acids is 1. The zero-order valence-electron chi connectivity index (χ0n) is 19.4. The van der Waals surface area contributed by atoms with Crippen LogP contribution in [-0.2, 0) is 24.0 Å². The third-order valence-corrected chi connectivity index (χ3v) is 8.54. The highest BCUT2D eigenvalue weighted by Crippen LogP contribution is 2.60. The molecule has 0 N–H and O–H groups in total. The fourth-order valence-corrected chi connectivity index (χ4v) is 6.66. The average Bonchev–Trinajstić information content (AvgIpc) is 3.02. The Kier molecular flexibility index (Phi) is 6.23. The van der Waals surface area contributed by atoms with E-state index in [0.717, 1.165) is 31.7 Å². The Labute approximate surface area is 198 Å². The highest BCUT2D eigenvalue weighted by atomic mass is 35.5. The molecule has 1 unspecified atom stereocenters. The lowest BCUT2D eigenvalue weighted by atomic mass is 9.57. The van der Waals surface area contributed by atoms with E-state index < -0.39 is 29.5 Å². The summed E-state index contributed by atoms with van der Waals surface area (Å²) < 4.78 is 32.1. The van der Waals surface area contributed by atoms with Crippen molar-refractivity contribution in [2.45, 2.75) is 83.1 Å². The molecule has 4 saturated heterocycles. The van der Waals surface area contributed by atoms with Crippen molar-refractivity contribution in [2.24, 2.45) is 23.7 Å². The van der Waals surface area contributed by atoms with Crippen molar-refractivity contribution < 1.29 is 33.2 Å². The zero-order valence-corrected chi connectivity index (χ0v) is 20.1. The van der Waals surface area contributed by atoms with Gasteiger partial charge in [-0.25, -0.2) is 19.0 Å². The third kappa shape index (κ3) is 4.00. The molecule has 6 nitrogen and oxygen atoms in total. The van der Waals surface area contributed by atoms with Crippen LogP contribution < -0.4 is 0 Å². The van der Waals surface area contributed by atoms with Crippen molar-refractivity contribution in [3.05, 3.63) is 34.6 Å². The summed E-state index contributed by atoms with van der Waals surface area (Å²) in [4.78, 5) is 24.3. The van der Waals surface area contributed by atoms with Crippen LogP contribution >= 0.6 is 11.6 Å². The van der Waals surface area contributed by atoms with Gasteiger partial charge < -0.3 is 14.2 Å². The second-order valence-electron chi connectivity index (χ2n) is 10.3. The van der Waals surface area contributed by atoms with Crippen LogP contribution in [0.3, 0.4) is 0 Å². The summed E-state index contributed by atoms with van der Waals surface area (Å²) in [5, 5.41) is 0.291. The van der Waals surface area contributed by atoms with Crippen molar-refractivity contribution in [2.75, 3.05) is 6.61 Å². The maximum absolute atomic E-state index is 13.9. The third-order valence-electron chi connectivity index (χ3n) is 8.31. The SMILES string of the molecule is C[C@H]1[C@@H](CCCOC(=O)c2cc(Cl)ccc2F)OC2O[C@@]3(C)CC[C@H]4[C@H](C)CC[C@@H]1[C@@]24OO3. The van der Waals surface area contributed by atoms with Crippen molar-refractivity contribution in [1.29, 1.82) is 0 Å². The number of hydrogen-bond acceptors (Lipinski definition) is 6. The molecule has 8 heteroatoms. The van der Waals surface area contributed by atoms with E-state index in [2.05, 4.69) is 13.8 Å². The van der Waals surface area contributed by atoms with E-state index in [9.17, 15) is 9.18 Å². The Morgan fingerprint density at radius 2 is 2.03 bits per heavy atom. The molecule has 1 aliphatic carbocycles. The molecule has 1 spiro atoms. The van der Waals surface area contributed by atoms with Crippen LogP contribution in [0, 0.1) is 29.5 Å². The van der Waals surface area contributed by atoms with Gasteiger partial charge in [-0.05, 0) is 75.0 Å². The highest BCUT2D eigenvalue weighted by Gasteiger charge is 2.69. The van der Waals surface area contributed by atoms with Crippen LogP contribution in [0.4, 0.5) is 4.39 Å². The Bertz CT molecular complexity index is 913. The number of ether oxygens (including phenoxy) is 3. The van der Waals surface area contributed by atoms with Gasteiger partial charge in [0.25, 0.3) is 0 Å². The highest BCUT2D eigenvalue weighted by molar-refractivity contribution is 6.30. The van der Waals surface area contributed by atoms with E-state index in [1.54, 1.807) is 0 Å². The summed E-state index contributed by atoms with van der Waals surface area (Å²) >= 11 is 5.87. The second-order valence-corrected chi connectivity index (χ2v) is 10.8. The van der Waals surface area contributed by atoms with Gasteiger partial charge in [0.1, 0.15) is 5.82 Å². The zero-order chi connectivity index (χ0) is 23.4. The van der Waals surface area contributed by atoms with Gasteiger partial charge in [0, 0.05) is 17.4 Å². The van der Waals surface area contributed by atoms with Gasteiger partial charge >= 0.3 is 5.97 Å². The van der Waals surface area contributed by atoms with Crippen LogP contribution in [0.5, 0.6) is 0 Å². The first-order chi connectivity index (χ1) is 15.7. The maximum Gasteiger partial charge on any atom is 0.341 e. The minimum atomic E-state index is -0.792. The predicted molar refractivity (Wildman–Crippen MR) is 118 cm³/mol. The summed E-state index contributed by atoms with van der Waals surface area (Å²) in [6.45, 7) is 6.60. The molecule has 33 heavy (non-hydrogen) atoms. The molecule has 4 aliphatic heterocycles. The van der Waals surface area contributed by atoms with Crippen molar-refractivity contribution in [3.63, 3.8) is 0 Å². The van der Waals surface area contributed by atoms with E-state index in [-0.39, 0.29) is 30.1 Å². The normalized spacial score (nSPS) is 41.8. The monoisotopic (exact) mass is 482 g/mol. The van der Waals surface area contributed by atoms with Crippen LogP contribution in [-0.4, -0.2) is 36.4 Å². The summed E-state index contributed by atoms with van der Waals surface area (Å²) in [6.07, 6.45) is 4.77. The first-order valence-electron chi connectivity index (χ1n) is 12.1. The molecule has 0 radical (unpaired) electrons. The molecule has 182 valence electrons. The molecule has 1 aromatic carbocycles. The van der Waals surface area contributed by atoms with Gasteiger partial charge in [0.05, 0.1) is 18.3 Å². The van der Waals surface area contributed by atoms with E-state index >= 15 is 0 Å². The largest absolute Gasteiger partial charge is 0.462 e. The molecule has 1 aromatic rings. The minimum Gasteiger partial charge on any atom is -0.462 e. The number of halogens is 2. The first kappa shape index (κ1) is 23.5. The average molecular weight is 483 g/mol. The molecule has 5 aliphatic rings. The number of fused-ring (bicyclic) bond motifs is 2. The summed E-state index contributed by atoms with van der Waals surface area (Å²) in [5.41, 5.74) is -0.720. The summed E-state index contributed by atoms with van der Waals surface area (Å²) in [6, 6.07) is 3.85. The van der Waals surface area contributed by atoms with Gasteiger partial charge in [0.15, 0.2) is 11.9 Å². The number of carbonyl (C=O) groups is 1. The van der Waals surface area contributed by atoms with E-state index in [1.165, 1.54) is 12.1 Å². The fraction of sp³-hybridized carbons (Fsp3) is 0.720. The molecular weight excluding hydrogens is 451 g/mol. The van der Waals surface area contributed by atoms with Gasteiger partial charge in [-0.3, -0.25) is 0 Å². The van der Waals surface area contributed by atoms with E-state index in [0.29, 0.717) is 29.7 Å². The van der Waals surface area contributed by atoms with E-state index in [1.807, 2.05) is 6.92 Å². The number of benzene rings is 1. The quantitative estimate of drug-likeness (QED) is 0.306. The van der Waals surface area contributed by atoms with Crippen LogP contribution in [0.25, 0.3) is 0 Å². The molecule has 0 amide bonds. The van der Waals surface area contributed by atoms with Crippen molar-refractivity contribution >= 4 is 17.6 Å². The molecule has 0 aromatic heterocycles. The van der Waals surface area contributed by atoms with Crippen molar-refractivity contribution in [3.8, 4) is 0 Å². The number of hydrogen-bond donors (Lipinski definition) is 0. The van der Waals surface area contributed by atoms with Crippen LogP contribution in [0.1, 0.15) is 69.7 Å².